The van der Waals surface area contributed by atoms with Crippen molar-refractivity contribution in [3.05, 3.63) is 63.7 Å². The fraction of sp³-hybridized carbons (Fsp3) is 0.364. The van der Waals surface area contributed by atoms with Gasteiger partial charge in [0.25, 0.3) is 0 Å². The van der Waals surface area contributed by atoms with Gasteiger partial charge in [-0.3, -0.25) is 10.1 Å². The quantitative estimate of drug-likeness (QED) is 0.334. The Hall–Kier alpha value is -2.41. The molecule has 29 heavy (non-hydrogen) atoms. The molecule has 0 radical (unpaired) electrons. The topological polar surface area (TPSA) is 82.1 Å². The highest BCUT2D eigenvalue weighted by atomic mass is 35.5. The summed E-state index contributed by atoms with van der Waals surface area (Å²) in [4.78, 5) is 31.0. The summed E-state index contributed by atoms with van der Waals surface area (Å²) in [7, 11) is 0. The third kappa shape index (κ3) is 3.12. The zero-order valence-electron chi connectivity index (χ0n) is 15.9. The number of ketones is 1. The van der Waals surface area contributed by atoms with E-state index in [1.165, 1.54) is 0 Å². The van der Waals surface area contributed by atoms with E-state index in [9.17, 15) is 14.8 Å². The average molecular weight is 417 g/mol. The Morgan fingerprint density at radius 2 is 2.07 bits per heavy atom. The van der Waals surface area contributed by atoms with Gasteiger partial charge in [0.1, 0.15) is 0 Å². The molecule has 2 aromatic carbocycles. The lowest BCUT2D eigenvalue weighted by molar-refractivity contribution is -0.319. The number of halogens is 1. The number of hydrogen-bond acceptors (Lipinski definition) is 6. The number of fused-ring (bicyclic) bond motifs is 2. The van der Waals surface area contributed by atoms with Gasteiger partial charge in [-0.2, -0.15) is 0 Å². The number of carbonyl (C=O) groups excluding carboxylic acids is 2. The molecule has 1 heterocycles. The normalized spacial score (nSPS) is 22.2. The minimum Gasteiger partial charge on any atom is -0.476 e. The SMILES string of the molecule is CCCCOC(=O)C1CCC2(OO)c3ccccc3C(=O)c3c2ccc(Cl)c3O1. The summed E-state index contributed by atoms with van der Waals surface area (Å²) in [6.07, 6.45) is 1.10. The second-order valence-corrected chi connectivity index (χ2v) is 7.67. The molecule has 2 atom stereocenters. The molecule has 7 heteroatoms. The molecule has 0 fully saturated rings. The Morgan fingerprint density at radius 1 is 1.28 bits per heavy atom. The smallest absolute Gasteiger partial charge is 0.347 e. The first-order valence-corrected chi connectivity index (χ1v) is 10.0. The maximum absolute atomic E-state index is 13.3. The van der Waals surface area contributed by atoms with E-state index in [0.717, 1.165) is 12.8 Å². The highest BCUT2D eigenvalue weighted by molar-refractivity contribution is 6.33. The minimum absolute atomic E-state index is 0.113. The fourth-order valence-corrected chi connectivity index (χ4v) is 4.27. The first-order valence-electron chi connectivity index (χ1n) is 9.66. The average Bonchev–Trinajstić information content (AvgIpc) is 2.73. The van der Waals surface area contributed by atoms with E-state index in [-0.39, 0.29) is 35.0 Å². The molecule has 1 aliphatic heterocycles. The number of hydrogen-bond donors (Lipinski definition) is 1. The van der Waals surface area contributed by atoms with Crippen LogP contribution in [0.15, 0.2) is 36.4 Å². The molecule has 4 bridgehead atoms. The number of ether oxygens (including phenoxy) is 2. The molecule has 1 N–H and O–H groups in total. The van der Waals surface area contributed by atoms with Crippen molar-refractivity contribution in [3.8, 4) is 5.75 Å². The van der Waals surface area contributed by atoms with E-state index in [0.29, 0.717) is 23.3 Å². The number of unbranched alkanes of at least 4 members (excludes halogenated alkanes) is 1. The molecule has 1 aliphatic carbocycles. The predicted molar refractivity (Wildman–Crippen MR) is 105 cm³/mol. The predicted octanol–water partition coefficient (Wildman–Crippen LogP) is 4.50. The van der Waals surface area contributed by atoms with E-state index in [4.69, 9.17) is 26.0 Å². The summed E-state index contributed by atoms with van der Waals surface area (Å²) >= 11 is 6.36. The molecule has 4 rings (SSSR count). The Kier molecular flexibility index (Phi) is 5.34. The highest BCUT2D eigenvalue weighted by Gasteiger charge is 2.49. The van der Waals surface area contributed by atoms with Crippen LogP contribution in [-0.4, -0.2) is 29.7 Å². The number of benzene rings is 2. The Balaban J connectivity index is 1.85. The van der Waals surface area contributed by atoms with E-state index >= 15 is 0 Å². The maximum Gasteiger partial charge on any atom is 0.347 e. The van der Waals surface area contributed by atoms with Crippen molar-refractivity contribution in [2.75, 3.05) is 6.61 Å². The molecule has 6 nitrogen and oxygen atoms in total. The second-order valence-electron chi connectivity index (χ2n) is 7.26. The Bertz CT molecular complexity index is 972. The summed E-state index contributed by atoms with van der Waals surface area (Å²) in [5, 5.41) is 10.2. The first kappa shape index (κ1) is 19.9. The summed E-state index contributed by atoms with van der Waals surface area (Å²) in [5.74, 6) is -0.705. The van der Waals surface area contributed by atoms with Crippen LogP contribution < -0.4 is 4.74 Å². The lowest BCUT2D eigenvalue weighted by Gasteiger charge is -2.40. The van der Waals surface area contributed by atoms with Gasteiger partial charge in [-0.05, 0) is 25.3 Å². The van der Waals surface area contributed by atoms with Crippen LogP contribution in [0.4, 0.5) is 0 Å². The molecular weight excluding hydrogens is 396 g/mol. The van der Waals surface area contributed by atoms with Crippen LogP contribution in [0.25, 0.3) is 0 Å². The van der Waals surface area contributed by atoms with Gasteiger partial charge in [-0.1, -0.05) is 55.3 Å². The molecule has 0 amide bonds. The van der Waals surface area contributed by atoms with Crippen molar-refractivity contribution in [1.29, 1.82) is 0 Å². The molecule has 0 aromatic heterocycles. The van der Waals surface area contributed by atoms with Gasteiger partial charge < -0.3 is 9.47 Å². The van der Waals surface area contributed by atoms with Crippen molar-refractivity contribution < 1.29 is 29.2 Å². The molecule has 2 unspecified atom stereocenters. The lowest BCUT2D eigenvalue weighted by atomic mass is 9.71. The zero-order chi connectivity index (χ0) is 20.6. The molecule has 2 aromatic rings. The summed E-state index contributed by atoms with van der Waals surface area (Å²) in [6, 6.07) is 10.2. The fourth-order valence-electron chi connectivity index (χ4n) is 4.07. The monoisotopic (exact) mass is 416 g/mol. The van der Waals surface area contributed by atoms with E-state index < -0.39 is 17.7 Å². The third-order valence-corrected chi connectivity index (χ3v) is 5.86. The number of esters is 1. The molecule has 152 valence electrons. The van der Waals surface area contributed by atoms with Crippen LogP contribution in [-0.2, 0) is 20.0 Å². The Morgan fingerprint density at radius 3 is 2.83 bits per heavy atom. The van der Waals surface area contributed by atoms with Crippen molar-refractivity contribution in [2.45, 2.75) is 44.3 Å². The van der Waals surface area contributed by atoms with Gasteiger partial charge in [0.05, 0.1) is 17.2 Å². The Labute approximate surface area is 173 Å². The number of rotatable bonds is 5. The number of carbonyl (C=O) groups is 2. The van der Waals surface area contributed by atoms with Crippen molar-refractivity contribution >= 4 is 23.4 Å². The van der Waals surface area contributed by atoms with E-state index in [1.54, 1.807) is 36.4 Å². The summed E-state index contributed by atoms with van der Waals surface area (Å²) < 4.78 is 11.3. The minimum atomic E-state index is -1.30. The van der Waals surface area contributed by atoms with Gasteiger partial charge in [0, 0.05) is 16.7 Å². The lowest BCUT2D eigenvalue weighted by Crippen LogP contribution is -2.42. The summed E-state index contributed by atoms with van der Waals surface area (Å²) in [6.45, 7) is 2.29. The standard InChI is InChI=1S/C22H21ClO6/c1-2-3-12-27-21(25)17-10-11-22(29-26)14-7-5-4-6-13(14)19(24)18-15(22)8-9-16(23)20(18)28-17/h4-9,17,26H,2-3,10-12H2,1H3. The molecule has 2 aliphatic rings. The molecule has 0 spiro atoms. The van der Waals surface area contributed by atoms with Gasteiger partial charge >= 0.3 is 5.97 Å². The second kappa shape index (κ2) is 7.78. The largest absolute Gasteiger partial charge is 0.476 e. The zero-order valence-corrected chi connectivity index (χ0v) is 16.7. The van der Waals surface area contributed by atoms with Crippen LogP contribution >= 0.6 is 11.6 Å². The highest BCUT2D eigenvalue weighted by Crippen LogP contribution is 2.51. The van der Waals surface area contributed by atoms with Crippen LogP contribution in [0.5, 0.6) is 5.75 Å². The third-order valence-electron chi connectivity index (χ3n) is 5.56. The van der Waals surface area contributed by atoms with Crippen LogP contribution in [0, 0.1) is 0 Å². The summed E-state index contributed by atoms with van der Waals surface area (Å²) in [5.41, 5.74) is 0.334. The van der Waals surface area contributed by atoms with Gasteiger partial charge in [-0.25, -0.2) is 9.68 Å². The van der Waals surface area contributed by atoms with E-state index in [1.807, 2.05) is 6.92 Å². The van der Waals surface area contributed by atoms with Gasteiger partial charge in [-0.15, -0.1) is 0 Å². The molecular formula is C22H21ClO6. The van der Waals surface area contributed by atoms with Crippen molar-refractivity contribution in [3.63, 3.8) is 0 Å². The van der Waals surface area contributed by atoms with Crippen LogP contribution in [0.3, 0.4) is 0 Å². The van der Waals surface area contributed by atoms with Crippen molar-refractivity contribution in [1.82, 2.24) is 0 Å². The maximum atomic E-state index is 13.3. The van der Waals surface area contributed by atoms with Gasteiger partial charge in [0.2, 0.25) is 0 Å². The van der Waals surface area contributed by atoms with E-state index in [2.05, 4.69) is 0 Å². The van der Waals surface area contributed by atoms with Crippen LogP contribution in [0.2, 0.25) is 5.02 Å². The van der Waals surface area contributed by atoms with Crippen molar-refractivity contribution in [2.24, 2.45) is 0 Å². The van der Waals surface area contributed by atoms with Gasteiger partial charge in [0.15, 0.2) is 23.2 Å². The molecule has 0 saturated heterocycles. The van der Waals surface area contributed by atoms with Crippen LogP contribution in [0.1, 0.15) is 59.7 Å². The first-order chi connectivity index (χ1) is 14.0. The molecule has 0 saturated carbocycles.